The molecule has 1 aromatic heterocycles. The number of rotatable bonds is 5. The summed E-state index contributed by atoms with van der Waals surface area (Å²) in [5, 5.41) is 3.82. The molecule has 8 heteroatoms. The fourth-order valence-corrected chi connectivity index (χ4v) is 4.77. The van der Waals surface area contributed by atoms with E-state index in [-0.39, 0.29) is 22.9 Å². The number of halogens is 2. The molecule has 0 aliphatic carbocycles. The van der Waals surface area contributed by atoms with Gasteiger partial charge in [0.25, 0.3) is 0 Å². The summed E-state index contributed by atoms with van der Waals surface area (Å²) in [5.74, 6) is 0.623. The average molecular weight is 490 g/mol. The van der Waals surface area contributed by atoms with E-state index in [1.54, 1.807) is 23.9 Å². The first kappa shape index (κ1) is 21.1. The zero-order chi connectivity index (χ0) is 21.1. The van der Waals surface area contributed by atoms with Gasteiger partial charge >= 0.3 is 0 Å². The summed E-state index contributed by atoms with van der Waals surface area (Å²) in [5.41, 5.74) is 0.577. The molecule has 2 heterocycles. The molecule has 0 spiro atoms. The Morgan fingerprint density at radius 2 is 2.10 bits per heavy atom. The van der Waals surface area contributed by atoms with Crippen molar-refractivity contribution in [3.63, 3.8) is 0 Å². The summed E-state index contributed by atoms with van der Waals surface area (Å²) in [6.45, 7) is 3.22. The van der Waals surface area contributed by atoms with Crippen LogP contribution in [0.1, 0.15) is 31.6 Å². The van der Waals surface area contributed by atoms with Crippen LogP contribution >= 0.6 is 27.7 Å². The predicted octanol–water partition coefficient (Wildman–Crippen LogP) is 5.53. The molecule has 0 bridgehead atoms. The van der Waals surface area contributed by atoms with E-state index in [9.17, 15) is 9.18 Å². The van der Waals surface area contributed by atoms with Gasteiger partial charge in [-0.1, -0.05) is 33.2 Å². The minimum atomic E-state index is -0.342. The molecule has 0 N–H and O–H groups in total. The van der Waals surface area contributed by atoms with Crippen molar-refractivity contribution in [3.05, 3.63) is 64.7 Å². The van der Waals surface area contributed by atoms with Crippen LogP contribution in [0.15, 0.2) is 62.4 Å². The standard InChI is InChI=1S/C22H21BrFN3O2S/c1-14(30-19-9-7-17(23)8-10-19)22(28)27-11-3-5-16(13-27)21-25-20(26-29-21)15-4-2-6-18(24)12-15/h2,4,6-10,12,14,16H,3,5,11,13H2,1H3. The summed E-state index contributed by atoms with van der Waals surface area (Å²) in [7, 11) is 0. The maximum Gasteiger partial charge on any atom is 0.235 e. The number of benzene rings is 2. The zero-order valence-electron chi connectivity index (χ0n) is 16.4. The molecule has 1 fully saturated rings. The highest BCUT2D eigenvalue weighted by atomic mass is 79.9. The third-order valence-electron chi connectivity index (χ3n) is 5.08. The third-order valence-corrected chi connectivity index (χ3v) is 6.71. The van der Waals surface area contributed by atoms with Crippen LogP contribution in [0.25, 0.3) is 11.4 Å². The van der Waals surface area contributed by atoms with Crippen molar-refractivity contribution in [2.45, 2.75) is 35.8 Å². The van der Waals surface area contributed by atoms with Gasteiger partial charge in [0.1, 0.15) is 5.82 Å². The first-order chi connectivity index (χ1) is 14.5. The number of hydrogen-bond acceptors (Lipinski definition) is 5. The van der Waals surface area contributed by atoms with E-state index in [4.69, 9.17) is 4.52 Å². The third kappa shape index (κ3) is 4.92. The van der Waals surface area contributed by atoms with Crippen molar-refractivity contribution in [2.24, 2.45) is 0 Å². The van der Waals surface area contributed by atoms with Crippen LogP contribution in [-0.2, 0) is 4.79 Å². The van der Waals surface area contributed by atoms with E-state index in [1.807, 2.05) is 36.1 Å². The summed E-state index contributed by atoms with van der Waals surface area (Å²) >= 11 is 4.98. The summed E-state index contributed by atoms with van der Waals surface area (Å²) in [6.07, 6.45) is 1.76. The monoisotopic (exact) mass is 489 g/mol. The molecule has 1 amide bonds. The second-order valence-electron chi connectivity index (χ2n) is 7.30. The molecule has 2 atom stereocenters. The van der Waals surface area contributed by atoms with Crippen LogP contribution in [0.2, 0.25) is 0 Å². The van der Waals surface area contributed by atoms with Gasteiger partial charge in [-0.25, -0.2) is 4.39 Å². The molecule has 156 valence electrons. The smallest absolute Gasteiger partial charge is 0.235 e. The van der Waals surface area contributed by atoms with E-state index in [1.165, 1.54) is 12.1 Å². The van der Waals surface area contributed by atoms with Crippen LogP contribution in [0.3, 0.4) is 0 Å². The van der Waals surface area contributed by atoms with Crippen LogP contribution < -0.4 is 0 Å². The number of carbonyl (C=O) groups is 1. The largest absolute Gasteiger partial charge is 0.341 e. The van der Waals surface area contributed by atoms with Crippen LogP contribution in [0, 0.1) is 5.82 Å². The van der Waals surface area contributed by atoms with Gasteiger partial charge in [0.05, 0.1) is 11.2 Å². The Hall–Kier alpha value is -2.19. The lowest BCUT2D eigenvalue weighted by Gasteiger charge is -2.32. The molecule has 2 unspecified atom stereocenters. The fourth-order valence-electron chi connectivity index (χ4n) is 3.55. The Labute approximate surface area is 187 Å². The number of aromatic nitrogens is 2. The summed E-state index contributed by atoms with van der Waals surface area (Å²) < 4.78 is 19.9. The molecule has 0 saturated carbocycles. The van der Waals surface area contributed by atoms with E-state index in [0.717, 1.165) is 28.8 Å². The Balaban J connectivity index is 1.41. The van der Waals surface area contributed by atoms with E-state index in [0.29, 0.717) is 23.8 Å². The second kappa shape index (κ2) is 9.31. The number of likely N-dealkylation sites (tertiary alicyclic amines) is 1. The Kier molecular flexibility index (Phi) is 6.53. The Morgan fingerprint density at radius 3 is 2.87 bits per heavy atom. The molecule has 1 aliphatic heterocycles. The van der Waals surface area contributed by atoms with Gasteiger partial charge in [-0.05, 0) is 56.2 Å². The number of amides is 1. The molecule has 1 saturated heterocycles. The van der Waals surface area contributed by atoms with Crippen LogP contribution in [-0.4, -0.2) is 39.3 Å². The van der Waals surface area contributed by atoms with E-state index < -0.39 is 0 Å². The van der Waals surface area contributed by atoms with Crippen molar-refractivity contribution in [3.8, 4) is 11.4 Å². The number of piperidine rings is 1. The van der Waals surface area contributed by atoms with Crippen molar-refractivity contribution >= 4 is 33.6 Å². The first-order valence-electron chi connectivity index (χ1n) is 9.80. The van der Waals surface area contributed by atoms with Crippen molar-refractivity contribution in [1.29, 1.82) is 0 Å². The highest BCUT2D eigenvalue weighted by Crippen LogP contribution is 2.31. The minimum absolute atomic E-state index is 0.0117. The maximum absolute atomic E-state index is 13.5. The van der Waals surface area contributed by atoms with Gasteiger partial charge in [0.2, 0.25) is 17.6 Å². The van der Waals surface area contributed by atoms with Gasteiger partial charge in [-0.2, -0.15) is 4.98 Å². The molecule has 5 nitrogen and oxygen atoms in total. The molecule has 30 heavy (non-hydrogen) atoms. The SMILES string of the molecule is CC(Sc1ccc(Br)cc1)C(=O)N1CCCC(c2nc(-c3cccc(F)c3)no2)C1. The molecule has 3 aromatic rings. The number of thioether (sulfide) groups is 1. The topological polar surface area (TPSA) is 59.2 Å². The lowest BCUT2D eigenvalue weighted by molar-refractivity contribution is -0.131. The predicted molar refractivity (Wildman–Crippen MR) is 118 cm³/mol. The quantitative estimate of drug-likeness (QED) is 0.441. The Bertz CT molecular complexity index is 1030. The molecule has 0 radical (unpaired) electrons. The minimum Gasteiger partial charge on any atom is -0.341 e. The lowest BCUT2D eigenvalue weighted by Crippen LogP contribution is -2.42. The normalized spacial score (nSPS) is 17.7. The van der Waals surface area contributed by atoms with E-state index in [2.05, 4.69) is 26.1 Å². The van der Waals surface area contributed by atoms with Crippen molar-refractivity contribution in [1.82, 2.24) is 15.0 Å². The number of carbonyl (C=O) groups excluding carboxylic acids is 1. The molecule has 4 rings (SSSR count). The number of nitrogens with zero attached hydrogens (tertiary/aromatic N) is 3. The van der Waals surface area contributed by atoms with Gasteiger partial charge in [-0.15, -0.1) is 11.8 Å². The van der Waals surface area contributed by atoms with Gasteiger partial charge in [-0.3, -0.25) is 4.79 Å². The molecule has 1 aliphatic rings. The highest BCUT2D eigenvalue weighted by Gasteiger charge is 2.31. The summed E-state index contributed by atoms with van der Waals surface area (Å²) in [6, 6.07) is 14.1. The Morgan fingerprint density at radius 1 is 1.30 bits per heavy atom. The molecular weight excluding hydrogens is 469 g/mol. The van der Waals surface area contributed by atoms with Gasteiger partial charge < -0.3 is 9.42 Å². The fraction of sp³-hybridized carbons (Fsp3) is 0.318. The number of hydrogen-bond donors (Lipinski definition) is 0. The molecule has 2 aromatic carbocycles. The van der Waals surface area contributed by atoms with Gasteiger partial charge in [0.15, 0.2) is 0 Å². The van der Waals surface area contributed by atoms with Crippen LogP contribution in [0.5, 0.6) is 0 Å². The molecular formula is C22H21BrFN3O2S. The summed E-state index contributed by atoms with van der Waals surface area (Å²) in [4.78, 5) is 20.4. The average Bonchev–Trinajstić information content (AvgIpc) is 3.25. The van der Waals surface area contributed by atoms with Gasteiger partial charge in [0, 0.05) is 28.0 Å². The maximum atomic E-state index is 13.5. The van der Waals surface area contributed by atoms with E-state index >= 15 is 0 Å². The van der Waals surface area contributed by atoms with Crippen molar-refractivity contribution < 1.29 is 13.7 Å². The first-order valence-corrected chi connectivity index (χ1v) is 11.5. The van der Waals surface area contributed by atoms with Crippen molar-refractivity contribution in [2.75, 3.05) is 13.1 Å². The highest BCUT2D eigenvalue weighted by molar-refractivity contribution is 9.10. The zero-order valence-corrected chi connectivity index (χ0v) is 18.8. The lowest BCUT2D eigenvalue weighted by atomic mass is 9.97. The van der Waals surface area contributed by atoms with Crippen LogP contribution in [0.4, 0.5) is 4.39 Å². The second-order valence-corrected chi connectivity index (χ2v) is 9.63.